The lowest BCUT2D eigenvalue weighted by atomic mass is 9.96. The predicted molar refractivity (Wildman–Crippen MR) is 195 cm³/mol. The first kappa shape index (κ1) is 36.8. The molecule has 2 aromatic carbocycles. The lowest BCUT2D eigenvalue weighted by Gasteiger charge is -2.27. The number of nitrogens with zero attached hydrogens (tertiary/aromatic N) is 5. The number of hydrogen-bond donors (Lipinski definition) is 0. The van der Waals surface area contributed by atoms with Crippen LogP contribution < -0.4 is 0 Å². The van der Waals surface area contributed by atoms with E-state index < -0.39 is 18.0 Å². The zero-order valence-corrected chi connectivity index (χ0v) is 30.4. The maximum absolute atomic E-state index is 14.7. The summed E-state index contributed by atoms with van der Waals surface area (Å²) in [5.74, 6) is -0.503. The summed E-state index contributed by atoms with van der Waals surface area (Å²) in [5, 5.41) is 5.43. The Bertz CT molecular complexity index is 1880. The largest absolute Gasteiger partial charge is 0.376 e. The molecule has 1 saturated heterocycles. The van der Waals surface area contributed by atoms with E-state index >= 15 is 0 Å². The Labute approximate surface area is 303 Å². The van der Waals surface area contributed by atoms with E-state index in [-0.39, 0.29) is 41.9 Å². The van der Waals surface area contributed by atoms with Crippen LogP contribution in [0, 0.1) is 12.7 Å². The number of aromatic nitrogens is 4. The van der Waals surface area contributed by atoms with Gasteiger partial charge in [-0.25, -0.2) is 14.4 Å². The maximum Gasteiger partial charge on any atom is 0.245 e. The summed E-state index contributed by atoms with van der Waals surface area (Å²) in [6, 6.07) is 8.03. The molecule has 2 atom stereocenters. The molecule has 2 bridgehead atoms. The molecule has 4 aromatic rings. The zero-order chi connectivity index (χ0) is 35.9. The van der Waals surface area contributed by atoms with Crippen molar-refractivity contribution in [2.24, 2.45) is 0 Å². The normalized spacial score (nSPS) is 19.7. The number of Topliss-reactive ketones (excluding diaryl/α,β-unsaturated/α-hetero) is 2. The van der Waals surface area contributed by atoms with Crippen molar-refractivity contribution < 1.29 is 23.5 Å². The second-order valence-electron chi connectivity index (χ2n) is 14.0. The van der Waals surface area contributed by atoms with Crippen molar-refractivity contribution in [1.82, 2.24) is 24.6 Å². The van der Waals surface area contributed by atoms with E-state index in [1.165, 1.54) is 32.3 Å². The summed E-state index contributed by atoms with van der Waals surface area (Å²) in [6.45, 7) is 4.06. The van der Waals surface area contributed by atoms with E-state index in [2.05, 4.69) is 16.0 Å². The van der Waals surface area contributed by atoms with Crippen molar-refractivity contribution in [3.63, 3.8) is 0 Å². The fourth-order valence-corrected chi connectivity index (χ4v) is 7.73. The quantitative estimate of drug-likeness (QED) is 0.186. The van der Waals surface area contributed by atoms with Gasteiger partial charge in [-0.05, 0) is 73.9 Å². The molecule has 270 valence electrons. The van der Waals surface area contributed by atoms with E-state index in [9.17, 15) is 18.8 Å². The number of amides is 1. The monoisotopic (exact) mass is 715 g/mol. The number of carbonyl (C=O) groups excluding carboxylic acids is 3. The second-order valence-corrected chi connectivity index (χ2v) is 14.4. The van der Waals surface area contributed by atoms with Crippen molar-refractivity contribution in [2.45, 2.75) is 116 Å². The fourth-order valence-electron chi connectivity index (χ4n) is 7.53. The van der Waals surface area contributed by atoms with Crippen molar-refractivity contribution in [2.75, 3.05) is 13.2 Å². The highest BCUT2D eigenvalue weighted by atomic mass is 35.5. The molecule has 4 heterocycles. The minimum atomic E-state index is -0.799. The number of rotatable bonds is 6. The van der Waals surface area contributed by atoms with E-state index in [0.29, 0.717) is 42.0 Å². The fraction of sp³-hybridized carbons (Fsp3) is 0.500. The van der Waals surface area contributed by atoms with Crippen molar-refractivity contribution in [1.29, 1.82) is 0 Å². The van der Waals surface area contributed by atoms with Crippen LogP contribution in [0.25, 0.3) is 22.0 Å². The molecule has 2 aromatic heterocycles. The Hall–Kier alpha value is -4.02. The third-order valence-electron chi connectivity index (χ3n) is 10.2. The van der Waals surface area contributed by atoms with Crippen LogP contribution in [0.4, 0.5) is 4.39 Å². The molecule has 2 aliphatic heterocycles. The van der Waals surface area contributed by atoms with Gasteiger partial charge < -0.3 is 9.64 Å². The lowest BCUT2D eigenvalue weighted by molar-refractivity contribution is -0.141. The highest BCUT2D eigenvalue weighted by Gasteiger charge is 2.42. The molecule has 0 N–H and O–H groups in total. The third kappa shape index (κ3) is 8.72. The number of hydrogen-bond acceptors (Lipinski definition) is 7. The van der Waals surface area contributed by atoms with E-state index in [1.807, 2.05) is 13.0 Å². The average Bonchev–Trinajstić information content (AvgIpc) is 3.71. The molecule has 2 aliphatic rings. The van der Waals surface area contributed by atoms with Crippen LogP contribution in [0.3, 0.4) is 0 Å². The Morgan fingerprint density at radius 1 is 0.980 bits per heavy atom. The molecule has 1 fully saturated rings. The van der Waals surface area contributed by atoms with Gasteiger partial charge in [-0.1, -0.05) is 68.7 Å². The first-order chi connectivity index (χ1) is 24.7. The van der Waals surface area contributed by atoms with Crippen LogP contribution in [-0.2, 0) is 33.7 Å². The number of benzene rings is 2. The lowest BCUT2D eigenvalue weighted by Crippen LogP contribution is -2.47. The summed E-state index contributed by atoms with van der Waals surface area (Å²) in [5.41, 5.74) is 4.15. The Morgan fingerprint density at radius 3 is 2.41 bits per heavy atom. The summed E-state index contributed by atoms with van der Waals surface area (Å²) in [4.78, 5) is 51.6. The number of carbonyl (C=O) groups is 3. The summed E-state index contributed by atoms with van der Waals surface area (Å²) < 4.78 is 22.7. The molecule has 0 spiro atoms. The van der Waals surface area contributed by atoms with Gasteiger partial charge in [0.2, 0.25) is 5.91 Å². The van der Waals surface area contributed by atoms with E-state index in [4.69, 9.17) is 21.4 Å². The molecule has 11 heteroatoms. The number of aryl methyl sites for hydroxylation is 3. The Balaban J connectivity index is 1.35. The van der Waals surface area contributed by atoms with Gasteiger partial charge in [0.05, 0.1) is 16.6 Å². The first-order valence-corrected chi connectivity index (χ1v) is 18.8. The van der Waals surface area contributed by atoms with Gasteiger partial charge in [-0.15, -0.1) is 0 Å². The Morgan fingerprint density at radius 2 is 1.69 bits per heavy atom. The molecule has 0 unspecified atom stereocenters. The summed E-state index contributed by atoms with van der Waals surface area (Å²) >= 11 is 6.01. The number of fused-ring (bicyclic) bond motifs is 2. The number of ether oxygens (including phenoxy) is 1. The summed E-state index contributed by atoms with van der Waals surface area (Å²) in [6.07, 6.45) is 14.5. The molecule has 9 nitrogen and oxygen atoms in total. The first-order valence-electron chi connectivity index (χ1n) is 18.4. The molecule has 0 radical (unpaired) electrons. The van der Waals surface area contributed by atoms with Gasteiger partial charge in [0, 0.05) is 49.8 Å². The second kappa shape index (κ2) is 17.0. The molecule has 0 saturated carbocycles. The molecule has 1 amide bonds. The van der Waals surface area contributed by atoms with Crippen LogP contribution in [0.15, 0.2) is 42.7 Å². The molecule has 6 rings (SSSR count). The van der Waals surface area contributed by atoms with Crippen LogP contribution in [0.1, 0.15) is 105 Å². The molecule has 51 heavy (non-hydrogen) atoms. The van der Waals surface area contributed by atoms with E-state index in [0.717, 1.165) is 67.2 Å². The standard InChI is InChI=1S/C40H47ClFN5O4/c1-26(48)38-32-22-30(31-23-43-27(2)44-24-31)21-29-13-10-8-6-4-3-5-7-9-11-20-51-35-18-19-46(36(50)25-47(45-38)39(29)32)40(35)34(49)17-16-28-14-12-15-33(41)37(28)42/h12,14-15,21-24,35,40H,3-11,13,16-20,25H2,1-2H3/t35-,40-/m1/s1. The van der Waals surface area contributed by atoms with Crippen LogP contribution in [-0.4, -0.2) is 67.4 Å². The minimum Gasteiger partial charge on any atom is -0.376 e. The Kier molecular flexibility index (Phi) is 12.3. The van der Waals surface area contributed by atoms with Crippen LogP contribution in [0.5, 0.6) is 0 Å². The molecule has 0 aliphatic carbocycles. The van der Waals surface area contributed by atoms with Crippen molar-refractivity contribution in [3.05, 3.63) is 76.2 Å². The van der Waals surface area contributed by atoms with Crippen molar-refractivity contribution >= 4 is 40.0 Å². The molecular weight excluding hydrogens is 669 g/mol. The minimum absolute atomic E-state index is 0.0138. The highest BCUT2D eigenvalue weighted by Crippen LogP contribution is 2.32. The molecular formula is C40H47ClFN5O4. The van der Waals surface area contributed by atoms with Gasteiger partial charge in [-0.2, -0.15) is 5.10 Å². The van der Waals surface area contributed by atoms with Gasteiger partial charge in [0.15, 0.2) is 11.6 Å². The average molecular weight is 716 g/mol. The third-order valence-corrected chi connectivity index (χ3v) is 10.5. The van der Waals surface area contributed by atoms with Crippen LogP contribution >= 0.6 is 11.6 Å². The zero-order valence-electron chi connectivity index (χ0n) is 29.6. The van der Waals surface area contributed by atoms with Crippen molar-refractivity contribution in [3.8, 4) is 11.1 Å². The van der Waals surface area contributed by atoms with Gasteiger partial charge in [0.1, 0.15) is 29.9 Å². The van der Waals surface area contributed by atoms with Crippen LogP contribution in [0.2, 0.25) is 5.02 Å². The smallest absolute Gasteiger partial charge is 0.245 e. The topological polar surface area (TPSA) is 107 Å². The maximum atomic E-state index is 14.7. The number of halogens is 2. The number of ketones is 2. The van der Waals surface area contributed by atoms with Gasteiger partial charge in [-0.3, -0.25) is 19.1 Å². The van der Waals surface area contributed by atoms with Gasteiger partial charge >= 0.3 is 0 Å². The van der Waals surface area contributed by atoms with Gasteiger partial charge in [0.25, 0.3) is 0 Å². The summed E-state index contributed by atoms with van der Waals surface area (Å²) in [7, 11) is 0. The van der Waals surface area contributed by atoms with E-state index in [1.54, 1.807) is 34.1 Å². The predicted octanol–water partition coefficient (Wildman–Crippen LogP) is 8.05. The SMILES string of the molecule is CC(=O)c1nn2c3c(cc(-c4cnc(C)nc4)cc13)CCCCCCCCCCCO[C@@H]1CCN(C(=O)C2)[C@@H]1C(=O)CCc1cccc(Cl)c1F. The highest BCUT2D eigenvalue weighted by molar-refractivity contribution is 6.30.